The molecule has 0 aliphatic carbocycles. The van der Waals surface area contributed by atoms with Gasteiger partial charge in [-0.15, -0.1) is 0 Å². The van der Waals surface area contributed by atoms with E-state index in [1.165, 1.54) is 26.4 Å². The fourth-order valence-corrected chi connectivity index (χ4v) is 4.84. The summed E-state index contributed by atoms with van der Waals surface area (Å²) in [7, 11) is 6.22. The van der Waals surface area contributed by atoms with Crippen molar-refractivity contribution in [1.82, 2.24) is 0 Å². The van der Waals surface area contributed by atoms with Crippen LogP contribution in [0.1, 0.15) is 17.2 Å². The molecule has 0 bridgehead atoms. The zero-order valence-electron chi connectivity index (χ0n) is 18.1. The Bertz CT molecular complexity index is 1090. The lowest BCUT2D eigenvalue weighted by Gasteiger charge is -2.18. The molecular formula is C23H21Br3ClFO5. The van der Waals surface area contributed by atoms with Crippen molar-refractivity contribution in [1.29, 1.82) is 0 Å². The molecule has 33 heavy (non-hydrogen) atoms. The van der Waals surface area contributed by atoms with Gasteiger partial charge in [0.1, 0.15) is 34.9 Å². The Morgan fingerprint density at radius 2 is 1.18 bits per heavy atom. The highest BCUT2D eigenvalue weighted by Crippen LogP contribution is 2.39. The molecule has 1 unspecified atom stereocenters. The van der Waals surface area contributed by atoms with E-state index in [1.807, 2.05) is 12.1 Å². The SMILES string of the molecule is COc1cc(OC)c(Br)cc1Br.COc1cc(OC)c(C(O)c2cccc(Cl)c2F)cc1Br. The topological polar surface area (TPSA) is 57.2 Å². The molecule has 0 amide bonds. The first kappa shape index (κ1) is 27.7. The third kappa shape index (κ3) is 6.76. The van der Waals surface area contributed by atoms with E-state index in [9.17, 15) is 9.50 Å². The van der Waals surface area contributed by atoms with Gasteiger partial charge in [0.25, 0.3) is 0 Å². The largest absolute Gasteiger partial charge is 0.496 e. The Balaban J connectivity index is 0.000000273. The summed E-state index contributed by atoms with van der Waals surface area (Å²) in [5.74, 6) is 1.81. The fraction of sp³-hybridized carbons (Fsp3) is 0.217. The minimum absolute atomic E-state index is 0.0434. The lowest BCUT2D eigenvalue weighted by molar-refractivity contribution is 0.209. The summed E-state index contributed by atoms with van der Waals surface area (Å²) in [4.78, 5) is 0. The third-order valence-corrected chi connectivity index (χ3v) is 6.65. The first-order valence-corrected chi connectivity index (χ1v) is 12.0. The number of rotatable bonds is 6. The van der Waals surface area contributed by atoms with E-state index in [0.717, 1.165) is 20.4 Å². The van der Waals surface area contributed by atoms with Crippen molar-refractivity contribution in [2.24, 2.45) is 0 Å². The summed E-state index contributed by atoms with van der Waals surface area (Å²) in [6.07, 6.45) is -1.21. The highest BCUT2D eigenvalue weighted by molar-refractivity contribution is 9.11. The smallest absolute Gasteiger partial charge is 0.147 e. The number of hydrogen-bond acceptors (Lipinski definition) is 5. The van der Waals surface area contributed by atoms with Crippen LogP contribution in [0.3, 0.4) is 0 Å². The van der Waals surface area contributed by atoms with Crippen LogP contribution in [0.4, 0.5) is 4.39 Å². The maximum Gasteiger partial charge on any atom is 0.147 e. The van der Waals surface area contributed by atoms with Crippen molar-refractivity contribution in [3.8, 4) is 23.0 Å². The molecule has 10 heteroatoms. The van der Waals surface area contributed by atoms with Gasteiger partial charge in [0.15, 0.2) is 0 Å². The van der Waals surface area contributed by atoms with Gasteiger partial charge in [-0.25, -0.2) is 4.39 Å². The highest BCUT2D eigenvalue weighted by Gasteiger charge is 2.22. The van der Waals surface area contributed by atoms with Crippen molar-refractivity contribution < 1.29 is 28.4 Å². The monoisotopic (exact) mass is 668 g/mol. The van der Waals surface area contributed by atoms with Crippen molar-refractivity contribution in [3.05, 3.63) is 77.8 Å². The second kappa shape index (κ2) is 12.8. The number of ether oxygens (including phenoxy) is 4. The molecular weight excluding hydrogens is 650 g/mol. The van der Waals surface area contributed by atoms with Crippen molar-refractivity contribution in [2.75, 3.05) is 28.4 Å². The second-order valence-electron chi connectivity index (χ2n) is 6.40. The van der Waals surface area contributed by atoms with E-state index in [0.29, 0.717) is 21.5 Å². The van der Waals surface area contributed by atoms with E-state index >= 15 is 0 Å². The number of aliphatic hydroxyl groups is 1. The molecule has 0 saturated carbocycles. The van der Waals surface area contributed by atoms with Crippen LogP contribution in [-0.2, 0) is 0 Å². The van der Waals surface area contributed by atoms with Crippen LogP contribution in [0.25, 0.3) is 0 Å². The number of hydrogen-bond donors (Lipinski definition) is 1. The summed E-state index contributed by atoms with van der Waals surface area (Å²) in [5, 5.41) is 10.4. The molecule has 0 radical (unpaired) electrons. The second-order valence-corrected chi connectivity index (χ2v) is 9.37. The Hall–Kier alpha value is -1.52. The van der Waals surface area contributed by atoms with Gasteiger partial charge in [-0.1, -0.05) is 23.7 Å². The van der Waals surface area contributed by atoms with Gasteiger partial charge in [0.2, 0.25) is 0 Å². The molecule has 0 spiro atoms. The lowest BCUT2D eigenvalue weighted by Crippen LogP contribution is -2.05. The minimum Gasteiger partial charge on any atom is -0.496 e. The maximum atomic E-state index is 14.1. The van der Waals surface area contributed by atoms with Gasteiger partial charge in [-0.05, 0) is 66.0 Å². The zero-order valence-corrected chi connectivity index (χ0v) is 23.6. The van der Waals surface area contributed by atoms with E-state index in [2.05, 4.69) is 47.8 Å². The van der Waals surface area contributed by atoms with Gasteiger partial charge in [0, 0.05) is 23.3 Å². The third-order valence-electron chi connectivity index (χ3n) is 4.50. The van der Waals surface area contributed by atoms with Gasteiger partial charge in [-0.2, -0.15) is 0 Å². The molecule has 1 atom stereocenters. The Morgan fingerprint density at radius 1 is 0.727 bits per heavy atom. The quantitative estimate of drug-likeness (QED) is 0.293. The summed E-state index contributed by atoms with van der Waals surface area (Å²) < 4.78 is 37.1. The number of benzene rings is 3. The molecule has 0 saturated heterocycles. The highest BCUT2D eigenvalue weighted by atomic mass is 79.9. The molecule has 3 aromatic rings. The van der Waals surface area contributed by atoms with Crippen molar-refractivity contribution >= 4 is 59.4 Å². The summed E-state index contributed by atoms with van der Waals surface area (Å²) in [6.45, 7) is 0. The predicted molar refractivity (Wildman–Crippen MR) is 138 cm³/mol. The van der Waals surface area contributed by atoms with Gasteiger partial charge in [0.05, 0.1) is 46.9 Å². The number of halogens is 5. The number of aliphatic hydroxyl groups excluding tert-OH is 1. The Kier molecular flexibility index (Phi) is 10.8. The van der Waals surface area contributed by atoms with Crippen LogP contribution in [0.15, 0.2) is 55.9 Å². The molecule has 0 fully saturated rings. The molecule has 0 heterocycles. The zero-order chi connectivity index (χ0) is 24.7. The van der Waals surface area contributed by atoms with E-state index in [4.69, 9.17) is 30.5 Å². The molecule has 5 nitrogen and oxygen atoms in total. The van der Waals surface area contributed by atoms with Crippen LogP contribution in [0.5, 0.6) is 23.0 Å². The Morgan fingerprint density at radius 3 is 1.67 bits per heavy atom. The van der Waals surface area contributed by atoms with Gasteiger partial charge >= 0.3 is 0 Å². The van der Waals surface area contributed by atoms with E-state index in [1.54, 1.807) is 32.4 Å². The van der Waals surface area contributed by atoms with Crippen LogP contribution in [0.2, 0.25) is 5.02 Å². The average Bonchev–Trinajstić information content (AvgIpc) is 2.81. The molecule has 3 rings (SSSR count). The summed E-state index contributed by atoms with van der Waals surface area (Å²) >= 11 is 15.8. The van der Waals surface area contributed by atoms with E-state index in [-0.39, 0.29) is 10.6 Å². The molecule has 178 valence electrons. The number of methoxy groups -OCH3 is 4. The summed E-state index contributed by atoms with van der Waals surface area (Å²) in [5.41, 5.74) is 0.490. The molecule has 3 aromatic carbocycles. The van der Waals surface area contributed by atoms with Gasteiger partial charge < -0.3 is 24.1 Å². The van der Waals surface area contributed by atoms with Crippen LogP contribution in [0, 0.1) is 5.82 Å². The molecule has 0 aliphatic rings. The minimum atomic E-state index is -1.21. The maximum absolute atomic E-state index is 14.1. The Labute approximate surface area is 222 Å². The normalized spacial score (nSPS) is 11.2. The van der Waals surface area contributed by atoms with Crippen LogP contribution < -0.4 is 18.9 Å². The van der Waals surface area contributed by atoms with Crippen LogP contribution in [-0.4, -0.2) is 33.5 Å². The fourth-order valence-electron chi connectivity index (χ4n) is 2.82. The standard InChI is InChI=1S/C15H13BrClFO3.C8H8Br2O2/c1-20-12-7-13(21-2)10(16)6-9(12)15(19)8-4-3-5-11(17)14(8)18;1-11-7-4-8(12-2)6(10)3-5(7)9/h3-7,15,19H,1-2H3;3-4H,1-2H3. The first-order valence-electron chi connectivity index (χ1n) is 9.28. The molecule has 0 aromatic heterocycles. The van der Waals surface area contributed by atoms with E-state index < -0.39 is 11.9 Å². The first-order chi connectivity index (χ1) is 15.7. The molecule has 1 N–H and O–H groups in total. The molecule has 0 aliphatic heterocycles. The average molecular weight is 672 g/mol. The lowest BCUT2D eigenvalue weighted by atomic mass is 10.00. The van der Waals surface area contributed by atoms with Crippen molar-refractivity contribution in [3.63, 3.8) is 0 Å². The van der Waals surface area contributed by atoms with Gasteiger partial charge in [-0.3, -0.25) is 0 Å². The predicted octanol–water partition coefficient (Wildman–Crippen LogP) is 7.57. The van der Waals surface area contributed by atoms with Crippen molar-refractivity contribution in [2.45, 2.75) is 6.10 Å². The van der Waals surface area contributed by atoms with Crippen LogP contribution >= 0.6 is 59.4 Å². The summed E-state index contributed by atoms with van der Waals surface area (Å²) in [6, 6.07) is 11.4.